The number of nitrogens with one attached hydrogen (secondary N) is 3. The molecule has 2 aliphatic rings. The van der Waals surface area contributed by atoms with E-state index in [1.807, 2.05) is 18.2 Å². The Morgan fingerprint density at radius 3 is 2.44 bits per heavy atom. The van der Waals surface area contributed by atoms with Crippen molar-refractivity contribution in [3.63, 3.8) is 0 Å². The summed E-state index contributed by atoms with van der Waals surface area (Å²) in [6, 6.07) is 16.0. The first kappa shape index (κ1) is 28.9. The van der Waals surface area contributed by atoms with Gasteiger partial charge >= 0.3 is 0 Å². The highest BCUT2D eigenvalue weighted by Crippen LogP contribution is 2.56. The van der Waals surface area contributed by atoms with E-state index in [2.05, 4.69) is 36.7 Å². The molecule has 1 fully saturated rings. The Bertz CT molecular complexity index is 1550. The Balaban J connectivity index is 1.67. The Labute approximate surface area is 248 Å². The van der Waals surface area contributed by atoms with E-state index in [0.717, 1.165) is 11.1 Å². The van der Waals surface area contributed by atoms with Crippen LogP contribution in [-0.4, -0.2) is 36.9 Å². The number of halogens is 2. The third kappa shape index (κ3) is 5.16. The lowest BCUT2D eigenvalue weighted by Gasteiger charge is -2.37. The van der Waals surface area contributed by atoms with E-state index in [0.29, 0.717) is 27.8 Å². The number of hydrogen-bond acceptors (Lipinski definition) is 5. The van der Waals surface area contributed by atoms with Gasteiger partial charge in [0.25, 0.3) is 0 Å². The fraction of sp³-hybridized carbons (Fsp3) is 0.323. The topological polar surface area (TPSA) is 123 Å². The Morgan fingerprint density at radius 1 is 1.05 bits per heavy atom. The molecular weight excluding hydrogens is 563 g/mol. The Morgan fingerprint density at radius 2 is 1.78 bits per heavy atom. The maximum Gasteiger partial charge on any atom is 0.248 e. The summed E-state index contributed by atoms with van der Waals surface area (Å²) >= 11 is 12.8. The van der Waals surface area contributed by atoms with E-state index in [1.165, 1.54) is 19.2 Å². The van der Waals surface area contributed by atoms with Crippen LogP contribution >= 0.6 is 23.2 Å². The lowest BCUT2D eigenvalue weighted by atomic mass is 9.62. The number of rotatable bonds is 6. The smallest absolute Gasteiger partial charge is 0.248 e. The number of hydrogen-bond donors (Lipinski definition) is 4. The average Bonchev–Trinajstić information content (AvgIpc) is 3.37. The molecule has 1 unspecified atom stereocenters. The minimum absolute atomic E-state index is 0.182. The highest BCUT2D eigenvalue weighted by atomic mass is 35.5. The van der Waals surface area contributed by atoms with E-state index < -0.39 is 29.3 Å². The number of ether oxygens (including phenoxy) is 1. The third-order valence-electron chi connectivity index (χ3n) is 7.86. The molecule has 1 spiro atoms. The molecular formula is C31H32Cl2N4O4. The van der Waals surface area contributed by atoms with Crippen molar-refractivity contribution in [3.05, 3.63) is 87.4 Å². The molecule has 5 rings (SSSR count). The number of amides is 3. The van der Waals surface area contributed by atoms with Crippen LogP contribution in [0.4, 0.5) is 11.4 Å². The fourth-order valence-electron chi connectivity index (χ4n) is 6.28. The molecule has 0 radical (unpaired) electrons. The van der Waals surface area contributed by atoms with Crippen LogP contribution in [0.25, 0.3) is 0 Å². The lowest BCUT2D eigenvalue weighted by molar-refractivity contribution is -0.122. The van der Waals surface area contributed by atoms with Gasteiger partial charge in [-0.25, -0.2) is 0 Å². The van der Waals surface area contributed by atoms with Crippen LogP contribution in [0.2, 0.25) is 10.0 Å². The summed E-state index contributed by atoms with van der Waals surface area (Å²) in [6.07, 6.45) is 0.597. The number of carbonyl (C=O) groups is 3. The molecule has 4 atom stereocenters. The van der Waals surface area contributed by atoms with Gasteiger partial charge in [-0.3, -0.25) is 14.4 Å². The van der Waals surface area contributed by atoms with Crippen molar-refractivity contribution in [3.8, 4) is 5.75 Å². The van der Waals surface area contributed by atoms with Gasteiger partial charge in [0.15, 0.2) is 0 Å². The van der Waals surface area contributed by atoms with Gasteiger partial charge in [0.2, 0.25) is 17.7 Å². The first-order valence-corrected chi connectivity index (χ1v) is 14.0. The molecule has 2 aliphatic heterocycles. The maximum atomic E-state index is 14.2. The molecule has 41 heavy (non-hydrogen) atoms. The van der Waals surface area contributed by atoms with Gasteiger partial charge in [0.05, 0.1) is 18.8 Å². The van der Waals surface area contributed by atoms with E-state index in [-0.39, 0.29) is 28.5 Å². The van der Waals surface area contributed by atoms with Crippen LogP contribution in [0.3, 0.4) is 0 Å². The van der Waals surface area contributed by atoms with Crippen molar-refractivity contribution >= 4 is 52.3 Å². The number of primary amides is 1. The zero-order valence-corrected chi connectivity index (χ0v) is 24.7. The zero-order chi connectivity index (χ0) is 29.7. The highest BCUT2D eigenvalue weighted by molar-refractivity contribution is 6.31. The van der Waals surface area contributed by atoms with Crippen LogP contribution in [0, 0.1) is 5.41 Å². The Hall–Kier alpha value is -3.59. The number of benzene rings is 3. The van der Waals surface area contributed by atoms with Crippen molar-refractivity contribution in [1.82, 2.24) is 5.32 Å². The molecule has 0 bridgehead atoms. The molecule has 1 saturated heterocycles. The van der Waals surface area contributed by atoms with E-state index in [4.69, 9.17) is 33.7 Å². The van der Waals surface area contributed by atoms with Crippen molar-refractivity contribution < 1.29 is 19.1 Å². The van der Waals surface area contributed by atoms with E-state index >= 15 is 0 Å². The summed E-state index contributed by atoms with van der Waals surface area (Å²) in [5, 5.41) is 10.6. The first-order valence-electron chi connectivity index (χ1n) is 13.3. The second-order valence-electron chi connectivity index (χ2n) is 11.8. The zero-order valence-electron chi connectivity index (χ0n) is 23.2. The van der Waals surface area contributed by atoms with Crippen LogP contribution in [0.15, 0.2) is 60.7 Å². The average molecular weight is 596 g/mol. The molecule has 3 aromatic carbocycles. The van der Waals surface area contributed by atoms with Gasteiger partial charge in [-0.2, -0.15) is 0 Å². The summed E-state index contributed by atoms with van der Waals surface area (Å²) in [5.41, 5.74) is 6.87. The predicted molar refractivity (Wildman–Crippen MR) is 161 cm³/mol. The van der Waals surface area contributed by atoms with Gasteiger partial charge < -0.3 is 26.4 Å². The van der Waals surface area contributed by atoms with Gasteiger partial charge in [-0.05, 0) is 65.4 Å². The minimum Gasteiger partial charge on any atom is -0.495 e. The molecule has 214 valence electrons. The van der Waals surface area contributed by atoms with Gasteiger partial charge in [-0.1, -0.05) is 62.2 Å². The number of methoxy groups -OCH3 is 1. The third-order valence-corrected chi connectivity index (χ3v) is 8.33. The number of anilines is 2. The molecule has 8 nitrogen and oxygen atoms in total. The molecule has 0 saturated carbocycles. The van der Waals surface area contributed by atoms with Crippen LogP contribution in [-0.2, 0) is 15.0 Å². The summed E-state index contributed by atoms with van der Waals surface area (Å²) in [7, 11) is 1.44. The molecule has 5 N–H and O–H groups in total. The molecule has 3 amide bonds. The normalized spacial score (nSPS) is 23.3. The number of fused-ring (bicyclic) bond motifs is 2. The van der Waals surface area contributed by atoms with Crippen molar-refractivity contribution in [1.29, 1.82) is 0 Å². The second kappa shape index (κ2) is 10.7. The second-order valence-corrected chi connectivity index (χ2v) is 12.6. The van der Waals surface area contributed by atoms with Crippen molar-refractivity contribution in [2.45, 2.75) is 50.6 Å². The van der Waals surface area contributed by atoms with Crippen LogP contribution in [0.1, 0.15) is 54.6 Å². The SMILES string of the molecule is COc1cc(C(N)=O)ccc1NC(=O)[C@@H]1N[C@@H](CC(C)(C)C)C2(C(=O)Nc3cc(Cl)ccc32)[C@H]1c1cccc(Cl)c1. The van der Waals surface area contributed by atoms with Crippen molar-refractivity contribution in [2.75, 3.05) is 17.7 Å². The van der Waals surface area contributed by atoms with Crippen LogP contribution in [0.5, 0.6) is 5.75 Å². The van der Waals surface area contributed by atoms with Crippen molar-refractivity contribution in [2.24, 2.45) is 11.1 Å². The maximum absolute atomic E-state index is 14.2. The van der Waals surface area contributed by atoms with Gasteiger partial charge in [-0.15, -0.1) is 0 Å². The fourth-order valence-corrected chi connectivity index (χ4v) is 6.65. The predicted octanol–water partition coefficient (Wildman–Crippen LogP) is 5.49. The summed E-state index contributed by atoms with van der Waals surface area (Å²) in [5.74, 6) is -1.54. The number of nitrogens with two attached hydrogens (primary N) is 1. The summed E-state index contributed by atoms with van der Waals surface area (Å²) in [4.78, 5) is 40.1. The monoisotopic (exact) mass is 594 g/mol. The minimum atomic E-state index is -1.14. The summed E-state index contributed by atoms with van der Waals surface area (Å²) in [6.45, 7) is 6.31. The van der Waals surface area contributed by atoms with E-state index in [1.54, 1.807) is 30.3 Å². The van der Waals surface area contributed by atoms with Gasteiger partial charge in [0, 0.05) is 33.3 Å². The highest BCUT2D eigenvalue weighted by Gasteiger charge is 2.65. The molecule has 0 aromatic heterocycles. The number of carbonyl (C=O) groups excluding carboxylic acids is 3. The van der Waals surface area contributed by atoms with Gasteiger partial charge in [0.1, 0.15) is 11.2 Å². The Kier molecular flexibility index (Phi) is 7.53. The quantitative estimate of drug-likeness (QED) is 0.300. The first-order chi connectivity index (χ1) is 19.3. The van der Waals surface area contributed by atoms with E-state index in [9.17, 15) is 14.4 Å². The standard InChI is InChI=1S/C31H32Cl2N4O4/c1-30(2,3)15-24-31(20-10-9-19(33)14-22(20)36-29(31)40)25(16-6-5-7-18(32)12-16)26(37-24)28(39)35-21-11-8-17(27(34)38)13-23(21)41-4/h5-14,24-26,37H,15H2,1-4H3,(H2,34,38)(H,35,39)(H,36,40)/t24-,25-,26+,31?/m0/s1. The largest absolute Gasteiger partial charge is 0.495 e. The summed E-state index contributed by atoms with van der Waals surface area (Å²) < 4.78 is 5.44. The molecule has 3 aromatic rings. The molecule has 2 heterocycles. The van der Waals surface area contributed by atoms with Crippen LogP contribution < -0.4 is 26.4 Å². The molecule has 0 aliphatic carbocycles. The lowest BCUT2D eigenvalue weighted by Crippen LogP contribution is -2.49. The molecule has 10 heteroatoms.